The van der Waals surface area contributed by atoms with E-state index in [1.807, 2.05) is 0 Å². The van der Waals surface area contributed by atoms with Gasteiger partial charge in [0, 0.05) is 19.2 Å². The van der Waals surface area contributed by atoms with Crippen LogP contribution in [0.25, 0.3) is 5.76 Å². The maximum absolute atomic E-state index is 12.8. The molecule has 0 aliphatic carbocycles. The van der Waals surface area contributed by atoms with Gasteiger partial charge in [-0.2, -0.15) is 0 Å². The number of carbonyl (C=O) groups excluding carboxylic acids is 2. The number of nitrogens with zero attached hydrogens (tertiary/aromatic N) is 1. The van der Waals surface area contributed by atoms with Crippen molar-refractivity contribution in [3.63, 3.8) is 0 Å². The molecule has 1 heterocycles. The number of hydrogen-bond acceptors (Lipinski definition) is 6. The van der Waals surface area contributed by atoms with Crippen molar-refractivity contribution in [3.05, 3.63) is 65.2 Å². The van der Waals surface area contributed by atoms with E-state index in [4.69, 9.17) is 14.2 Å². The van der Waals surface area contributed by atoms with Crippen molar-refractivity contribution < 1.29 is 28.9 Å². The first kappa shape index (κ1) is 20.4. The molecule has 1 unspecified atom stereocenters. The monoisotopic (exact) mass is 397 g/mol. The molecule has 7 nitrogen and oxygen atoms in total. The van der Waals surface area contributed by atoms with Gasteiger partial charge in [-0.05, 0) is 42.0 Å². The summed E-state index contributed by atoms with van der Waals surface area (Å²) in [6, 6.07) is 13.0. The number of likely N-dealkylation sites (tertiary alicyclic amines) is 1. The third kappa shape index (κ3) is 3.95. The molecule has 1 aliphatic rings. The van der Waals surface area contributed by atoms with E-state index in [0.717, 1.165) is 0 Å². The number of amides is 1. The lowest BCUT2D eigenvalue weighted by Crippen LogP contribution is -2.32. The number of carbonyl (C=O) groups is 2. The van der Waals surface area contributed by atoms with Crippen molar-refractivity contribution in [2.75, 3.05) is 34.5 Å². The number of benzene rings is 2. The highest BCUT2D eigenvalue weighted by Gasteiger charge is 2.45. The predicted molar refractivity (Wildman–Crippen MR) is 107 cm³/mol. The highest BCUT2D eigenvalue weighted by atomic mass is 16.5. The first-order valence-electron chi connectivity index (χ1n) is 9.07. The lowest BCUT2D eigenvalue weighted by molar-refractivity contribution is -0.140. The Kier molecular flexibility index (Phi) is 6.19. The zero-order valence-corrected chi connectivity index (χ0v) is 16.5. The molecule has 1 N–H and O–H groups in total. The van der Waals surface area contributed by atoms with E-state index in [-0.39, 0.29) is 24.5 Å². The van der Waals surface area contributed by atoms with Gasteiger partial charge in [-0.25, -0.2) is 0 Å². The summed E-state index contributed by atoms with van der Waals surface area (Å²) in [6.45, 7) is 0.486. The van der Waals surface area contributed by atoms with Crippen molar-refractivity contribution >= 4 is 17.4 Å². The van der Waals surface area contributed by atoms with Gasteiger partial charge in [0.2, 0.25) is 0 Å². The molecule has 1 fully saturated rings. The van der Waals surface area contributed by atoms with Crippen LogP contribution in [-0.4, -0.2) is 56.2 Å². The van der Waals surface area contributed by atoms with Gasteiger partial charge in [-0.3, -0.25) is 9.59 Å². The minimum absolute atomic E-state index is 0.0430. The van der Waals surface area contributed by atoms with Crippen LogP contribution in [0.2, 0.25) is 0 Å². The molecular formula is C22H23NO6. The summed E-state index contributed by atoms with van der Waals surface area (Å²) in [5, 5.41) is 10.9. The molecule has 2 aromatic carbocycles. The van der Waals surface area contributed by atoms with Crippen LogP contribution in [0.3, 0.4) is 0 Å². The fourth-order valence-corrected chi connectivity index (χ4v) is 3.34. The molecule has 0 saturated carbocycles. The highest BCUT2D eigenvalue weighted by Crippen LogP contribution is 2.39. The zero-order valence-electron chi connectivity index (χ0n) is 16.5. The Bertz CT molecular complexity index is 917. The fourth-order valence-electron chi connectivity index (χ4n) is 3.34. The van der Waals surface area contributed by atoms with E-state index in [1.54, 1.807) is 62.8 Å². The van der Waals surface area contributed by atoms with Crippen molar-refractivity contribution in [2.24, 2.45) is 0 Å². The molecule has 1 saturated heterocycles. The summed E-state index contributed by atoms with van der Waals surface area (Å²) in [5.41, 5.74) is 1.16. The molecule has 0 radical (unpaired) electrons. The molecular weight excluding hydrogens is 374 g/mol. The largest absolute Gasteiger partial charge is 0.507 e. The van der Waals surface area contributed by atoms with Gasteiger partial charge in [0.25, 0.3) is 11.7 Å². The number of aliphatic hydroxyl groups excluding tert-OH is 1. The number of hydrogen-bond donors (Lipinski definition) is 1. The highest BCUT2D eigenvalue weighted by molar-refractivity contribution is 6.46. The van der Waals surface area contributed by atoms with Gasteiger partial charge in [-0.15, -0.1) is 0 Å². The van der Waals surface area contributed by atoms with E-state index >= 15 is 0 Å². The molecule has 29 heavy (non-hydrogen) atoms. The topological polar surface area (TPSA) is 85.3 Å². The summed E-state index contributed by atoms with van der Waals surface area (Å²) in [4.78, 5) is 26.9. The molecule has 1 atom stereocenters. The summed E-state index contributed by atoms with van der Waals surface area (Å²) in [7, 11) is 4.62. The minimum Gasteiger partial charge on any atom is -0.507 e. The lowest BCUT2D eigenvalue weighted by Gasteiger charge is -2.25. The second-order valence-corrected chi connectivity index (χ2v) is 6.49. The van der Waals surface area contributed by atoms with Gasteiger partial charge in [-0.1, -0.05) is 12.1 Å². The Morgan fingerprint density at radius 1 is 0.931 bits per heavy atom. The first-order chi connectivity index (χ1) is 14.0. The van der Waals surface area contributed by atoms with Crippen LogP contribution in [0.15, 0.2) is 54.1 Å². The maximum Gasteiger partial charge on any atom is 0.295 e. The van der Waals surface area contributed by atoms with Crippen molar-refractivity contribution in [2.45, 2.75) is 6.04 Å². The van der Waals surface area contributed by atoms with Gasteiger partial charge in [0.15, 0.2) is 0 Å². The molecule has 3 rings (SSSR count). The third-order valence-electron chi connectivity index (χ3n) is 4.87. The zero-order chi connectivity index (χ0) is 21.0. The van der Waals surface area contributed by atoms with E-state index in [1.165, 1.54) is 12.0 Å². The second-order valence-electron chi connectivity index (χ2n) is 6.49. The summed E-state index contributed by atoms with van der Waals surface area (Å²) in [6.07, 6.45) is 0. The standard InChI is InChI=1S/C22H23NO6/c1-27-13-12-23-19(14-4-8-16(28-2)9-5-14)18(21(25)22(23)26)20(24)15-6-10-17(29-3)11-7-15/h4-11,19,24H,12-13H2,1-3H3. The molecule has 0 aromatic heterocycles. The number of rotatable bonds is 7. The van der Waals surface area contributed by atoms with Crippen LogP contribution in [-0.2, 0) is 14.3 Å². The van der Waals surface area contributed by atoms with Crippen LogP contribution >= 0.6 is 0 Å². The normalized spacial score (nSPS) is 18.2. The molecule has 1 aliphatic heterocycles. The number of aliphatic hydroxyl groups is 1. The Morgan fingerprint density at radius 3 is 2.00 bits per heavy atom. The molecule has 0 spiro atoms. The number of methoxy groups -OCH3 is 3. The Hall–Kier alpha value is -3.32. The van der Waals surface area contributed by atoms with Gasteiger partial charge >= 0.3 is 0 Å². The summed E-state index contributed by atoms with van der Waals surface area (Å²) >= 11 is 0. The predicted octanol–water partition coefficient (Wildman–Crippen LogP) is 2.77. The SMILES string of the molecule is COCCN1C(=O)C(=O)C(=C(O)c2ccc(OC)cc2)C1c1ccc(OC)cc1. The molecule has 2 aromatic rings. The van der Waals surface area contributed by atoms with Crippen molar-refractivity contribution in [1.82, 2.24) is 4.90 Å². The van der Waals surface area contributed by atoms with Gasteiger partial charge < -0.3 is 24.2 Å². The third-order valence-corrected chi connectivity index (χ3v) is 4.87. The van der Waals surface area contributed by atoms with Crippen LogP contribution in [0, 0.1) is 0 Å². The summed E-state index contributed by atoms with van der Waals surface area (Å²) in [5.74, 6) is -0.355. The average Bonchev–Trinajstić information content (AvgIpc) is 3.02. The Labute approximate surface area is 169 Å². The van der Waals surface area contributed by atoms with E-state index in [2.05, 4.69) is 0 Å². The first-order valence-corrected chi connectivity index (χ1v) is 9.07. The Morgan fingerprint density at radius 2 is 1.48 bits per heavy atom. The second kappa shape index (κ2) is 8.79. The number of ether oxygens (including phenoxy) is 3. The maximum atomic E-state index is 12.8. The average molecular weight is 397 g/mol. The van der Waals surface area contributed by atoms with E-state index in [0.29, 0.717) is 22.6 Å². The quantitative estimate of drug-likeness (QED) is 0.439. The van der Waals surface area contributed by atoms with Crippen LogP contribution in [0.5, 0.6) is 11.5 Å². The minimum atomic E-state index is -0.727. The van der Waals surface area contributed by atoms with Crippen LogP contribution in [0.4, 0.5) is 0 Å². The van der Waals surface area contributed by atoms with E-state index < -0.39 is 17.7 Å². The lowest BCUT2D eigenvalue weighted by atomic mass is 9.95. The van der Waals surface area contributed by atoms with Gasteiger partial charge in [0.05, 0.1) is 32.4 Å². The van der Waals surface area contributed by atoms with Crippen LogP contribution < -0.4 is 9.47 Å². The molecule has 1 amide bonds. The van der Waals surface area contributed by atoms with Crippen LogP contribution in [0.1, 0.15) is 17.2 Å². The summed E-state index contributed by atoms with van der Waals surface area (Å²) < 4.78 is 15.4. The number of Topliss-reactive ketones (excluding diaryl/α,β-unsaturated/α-hetero) is 1. The van der Waals surface area contributed by atoms with Crippen molar-refractivity contribution in [3.8, 4) is 11.5 Å². The molecule has 7 heteroatoms. The van der Waals surface area contributed by atoms with Crippen molar-refractivity contribution in [1.29, 1.82) is 0 Å². The molecule has 152 valence electrons. The fraction of sp³-hybridized carbons (Fsp3) is 0.273. The number of ketones is 1. The molecule has 0 bridgehead atoms. The van der Waals surface area contributed by atoms with E-state index in [9.17, 15) is 14.7 Å². The smallest absolute Gasteiger partial charge is 0.295 e. The van der Waals surface area contributed by atoms with Gasteiger partial charge in [0.1, 0.15) is 17.3 Å². The Balaban J connectivity index is 2.11.